The Hall–Kier alpha value is -3.09. The van der Waals surface area contributed by atoms with Crippen LogP contribution in [0, 0.1) is 5.92 Å². The first kappa shape index (κ1) is 18.3. The molecular weight excluding hydrogens is 356 g/mol. The van der Waals surface area contributed by atoms with E-state index in [2.05, 4.69) is 20.9 Å². The molecular formula is C21H24N4O3. The summed E-state index contributed by atoms with van der Waals surface area (Å²) >= 11 is 0. The molecule has 1 aliphatic heterocycles. The van der Waals surface area contributed by atoms with Crippen molar-refractivity contribution in [2.45, 2.75) is 25.8 Å². The number of para-hydroxylation sites is 2. The molecule has 0 radical (unpaired) electrons. The van der Waals surface area contributed by atoms with Gasteiger partial charge < -0.3 is 19.2 Å². The molecule has 28 heavy (non-hydrogen) atoms. The lowest BCUT2D eigenvalue weighted by Gasteiger charge is -2.15. The molecule has 1 atom stereocenters. The van der Waals surface area contributed by atoms with Gasteiger partial charge in [-0.05, 0) is 30.7 Å². The van der Waals surface area contributed by atoms with Gasteiger partial charge in [-0.3, -0.25) is 9.59 Å². The van der Waals surface area contributed by atoms with Crippen molar-refractivity contribution in [3.8, 4) is 0 Å². The predicted octanol–water partition coefficient (Wildman–Crippen LogP) is 2.26. The Morgan fingerprint density at radius 3 is 2.93 bits per heavy atom. The second kappa shape index (κ2) is 7.88. The summed E-state index contributed by atoms with van der Waals surface area (Å²) in [4.78, 5) is 30.9. The Morgan fingerprint density at radius 2 is 2.14 bits per heavy atom. The molecule has 1 N–H and O–H groups in total. The topological polar surface area (TPSA) is 80.4 Å². The largest absolute Gasteiger partial charge is 0.467 e. The van der Waals surface area contributed by atoms with Crippen molar-refractivity contribution >= 4 is 22.8 Å². The molecule has 3 aromatic rings. The second-order valence-electron chi connectivity index (χ2n) is 7.23. The Morgan fingerprint density at radius 1 is 1.29 bits per heavy atom. The monoisotopic (exact) mass is 380 g/mol. The number of likely N-dealkylation sites (tertiary alicyclic amines) is 1. The molecule has 7 nitrogen and oxygen atoms in total. The molecule has 4 rings (SSSR count). The molecule has 3 heterocycles. The van der Waals surface area contributed by atoms with Crippen LogP contribution in [0.5, 0.6) is 0 Å². The van der Waals surface area contributed by atoms with Gasteiger partial charge in [-0.2, -0.15) is 0 Å². The lowest BCUT2D eigenvalue weighted by atomic mass is 10.1. The normalized spacial score (nSPS) is 16.8. The molecule has 2 aromatic heterocycles. The molecule has 2 amide bonds. The van der Waals surface area contributed by atoms with Crippen LogP contribution >= 0.6 is 0 Å². The van der Waals surface area contributed by atoms with Gasteiger partial charge in [0.15, 0.2) is 0 Å². The van der Waals surface area contributed by atoms with Crippen LogP contribution < -0.4 is 5.32 Å². The minimum Gasteiger partial charge on any atom is -0.467 e. The van der Waals surface area contributed by atoms with E-state index in [0.29, 0.717) is 19.6 Å². The maximum atomic E-state index is 12.4. The highest BCUT2D eigenvalue weighted by atomic mass is 16.3. The molecule has 7 heteroatoms. The number of carbonyl (C=O) groups is 2. The summed E-state index contributed by atoms with van der Waals surface area (Å²) in [6, 6.07) is 11.7. The maximum absolute atomic E-state index is 12.4. The van der Waals surface area contributed by atoms with Gasteiger partial charge in [0, 0.05) is 33.0 Å². The zero-order valence-corrected chi connectivity index (χ0v) is 15.9. The van der Waals surface area contributed by atoms with E-state index in [4.69, 9.17) is 4.42 Å². The van der Waals surface area contributed by atoms with Crippen molar-refractivity contribution in [3.05, 3.63) is 54.2 Å². The predicted molar refractivity (Wildman–Crippen MR) is 104 cm³/mol. The van der Waals surface area contributed by atoms with Crippen molar-refractivity contribution in [2.24, 2.45) is 13.0 Å². The number of nitrogens with zero attached hydrogens (tertiary/aromatic N) is 3. The summed E-state index contributed by atoms with van der Waals surface area (Å²) in [5.74, 6) is 1.39. The van der Waals surface area contributed by atoms with E-state index in [0.717, 1.165) is 35.5 Å². The van der Waals surface area contributed by atoms with Crippen molar-refractivity contribution in [1.82, 2.24) is 19.8 Å². The lowest BCUT2D eigenvalue weighted by molar-refractivity contribution is -0.129. The van der Waals surface area contributed by atoms with Gasteiger partial charge in [0.2, 0.25) is 11.8 Å². The lowest BCUT2D eigenvalue weighted by Crippen LogP contribution is -2.33. The van der Waals surface area contributed by atoms with E-state index in [9.17, 15) is 9.59 Å². The number of nitrogens with one attached hydrogen (secondary N) is 1. The highest BCUT2D eigenvalue weighted by molar-refractivity contribution is 5.89. The third-order valence-electron chi connectivity index (χ3n) is 5.27. The smallest absolute Gasteiger partial charge is 0.225 e. The van der Waals surface area contributed by atoms with Crippen molar-refractivity contribution in [2.75, 3.05) is 13.1 Å². The number of hydrogen-bond donors (Lipinski definition) is 1. The van der Waals surface area contributed by atoms with Gasteiger partial charge in [-0.1, -0.05) is 12.1 Å². The summed E-state index contributed by atoms with van der Waals surface area (Å²) in [5.41, 5.74) is 2.10. The molecule has 0 aliphatic carbocycles. The number of fused-ring (bicyclic) bond motifs is 1. The average molecular weight is 380 g/mol. The van der Waals surface area contributed by atoms with Crippen LogP contribution in [0.3, 0.4) is 0 Å². The standard InChI is InChI=1S/C21H24N4O3/c1-24-18-8-3-2-7-17(18)23-19(24)9-4-10-22-21(27)15-12-20(26)25(13-15)14-16-6-5-11-28-16/h2-3,5-8,11,15H,4,9-10,12-14H2,1H3,(H,22,27)/t15-/m0/s1. The van der Waals surface area contributed by atoms with Gasteiger partial charge in [0.25, 0.3) is 0 Å². The summed E-state index contributed by atoms with van der Waals surface area (Å²) < 4.78 is 7.39. The minimum absolute atomic E-state index is 0.00347. The van der Waals surface area contributed by atoms with E-state index < -0.39 is 0 Å². The maximum Gasteiger partial charge on any atom is 0.225 e. The number of benzene rings is 1. The Bertz CT molecular complexity index is 977. The molecule has 1 saturated heterocycles. The number of furan rings is 1. The minimum atomic E-state index is -0.293. The Labute approximate surface area is 163 Å². The molecule has 1 aromatic carbocycles. The number of imidazole rings is 1. The highest BCUT2D eigenvalue weighted by Gasteiger charge is 2.34. The van der Waals surface area contributed by atoms with E-state index in [1.165, 1.54) is 0 Å². The van der Waals surface area contributed by atoms with E-state index >= 15 is 0 Å². The fourth-order valence-electron chi connectivity index (χ4n) is 3.71. The van der Waals surface area contributed by atoms with E-state index in [1.807, 2.05) is 31.3 Å². The van der Waals surface area contributed by atoms with E-state index in [-0.39, 0.29) is 24.2 Å². The Balaban J connectivity index is 1.24. The molecule has 1 aliphatic rings. The number of rotatable bonds is 7. The zero-order valence-electron chi connectivity index (χ0n) is 15.9. The van der Waals surface area contributed by atoms with Crippen LogP contribution in [-0.2, 0) is 29.6 Å². The summed E-state index contributed by atoms with van der Waals surface area (Å²) in [5, 5.41) is 2.97. The van der Waals surface area contributed by atoms with E-state index in [1.54, 1.807) is 17.2 Å². The number of hydrogen-bond acceptors (Lipinski definition) is 4. The van der Waals surface area contributed by atoms with Crippen LogP contribution in [0.4, 0.5) is 0 Å². The second-order valence-corrected chi connectivity index (χ2v) is 7.23. The molecule has 146 valence electrons. The van der Waals surface area contributed by atoms with Gasteiger partial charge in [-0.25, -0.2) is 4.98 Å². The molecule has 0 spiro atoms. The van der Waals surface area contributed by atoms with Crippen LogP contribution in [0.15, 0.2) is 47.1 Å². The molecule has 1 fully saturated rings. The summed E-state index contributed by atoms with van der Waals surface area (Å²) in [6.45, 7) is 1.43. The first-order chi connectivity index (χ1) is 13.6. The number of amides is 2. The van der Waals surface area contributed by atoms with Crippen LogP contribution in [0.2, 0.25) is 0 Å². The first-order valence-corrected chi connectivity index (χ1v) is 9.60. The molecule has 0 bridgehead atoms. The summed E-state index contributed by atoms with van der Waals surface area (Å²) in [6.07, 6.45) is 3.45. The molecule has 0 unspecified atom stereocenters. The van der Waals surface area contributed by atoms with Gasteiger partial charge in [-0.15, -0.1) is 0 Å². The fourth-order valence-corrected chi connectivity index (χ4v) is 3.71. The average Bonchev–Trinajstić information content (AvgIpc) is 3.41. The Kier molecular flexibility index (Phi) is 5.14. The highest BCUT2D eigenvalue weighted by Crippen LogP contribution is 2.20. The van der Waals surface area contributed by atoms with Gasteiger partial charge >= 0.3 is 0 Å². The van der Waals surface area contributed by atoms with Crippen LogP contribution in [0.25, 0.3) is 11.0 Å². The van der Waals surface area contributed by atoms with Crippen LogP contribution in [0.1, 0.15) is 24.4 Å². The zero-order chi connectivity index (χ0) is 19.5. The number of carbonyl (C=O) groups excluding carboxylic acids is 2. The molecule has 0 saturated carbocycles. The van der Waals surface area contributed by atoms with Crippen molar-refractivity contribution in [3.63, 3.8) is 0 Å². The third-order valence-corrected chi connectivity index (χ3v) is 5.27. The van der Waals surface area contributed by atoms with Gasteiger partial charge in [0.1, 0.15) is 11.6 Å². The first-order valence-electron chi connectivity index (χ1n) is 9.60. The number of aryl methyl sites for hydroxylation is 2. The third kappa shape index (κ3) is 3.78. The quantitative estimate of drug-likeness (QED) is 0.638. The SMILES string of the molecule is Cn1c(CCCNC(=O)[C@H]2CC(=O)N(Cc3ccco3)C2)nc2ccccc21. The fraction of sp³-hybridized carbons (Fsp3) is 0.381. The van der Waals surface area contributed by atoms with Crippen LogP contribution in [-0.4, -0.2) is 39.4 Å². The number of aromatic nitrogens is 2. The summed E-state index contributed by atoms with van der Waals surface area (Å²) in [7, 11) is 2.01. The van der Waals surface area contributed by atoms with Crippen molar-refractivity contribution < 1.29 is 14.0 Å². The van der Waals surface area contributed by atoms with Gasteiger partial charge in [0.05, 0.1) is 29.8 Å². The van der Waals surface area contributed by atoms with Crippen molar-refractivity contribution in [1.29, 1.82) is 0 Å².